The van der Waals surface area contributed by atoms with Crippen LogP contribution in [0.2, 0.25) is 0 Å². The van der Waals surface area contributed by atoms with Gasteiger partial charge in [0.2, 0.25) is 5.91 Å². The number of hydrogen-bond donors (Lipinski definition) is 1. The highest BCUT2D eigenvalue weighted by Gasteiger charge is 2.44. The van der Waals surface area contributed by atoms with Crippen molar-refractivity contribution >= 4 is 17.5 Å². The van der Waals surface area contributed by atoms with Crippen molar-refractivity contribution in [3.8, 4) is 6.07 Å². The maximum Gasteiger partial charge on any atom is 0.254 e. The standard InChI is InChI=1S/C26H23FN4O2/c1-16(2)15-31-24(18-6-5-9-29-14-18)23(21-7-3-4-8-22(21)26(31)33)25(32)30-20-11-17(13-28)10-19(27)12-20/h3-12,14,16,23-24H,15H2,1-2H3,(H,30,32)/t23-,24+/m1/s1. The number of rotatable bonds is 5. The lowest BCUT2D eigenvalue weighted by molar-refractivity contribution is -0.119. The molecule has 0 fully saturated rings. The van der Waals surface area contributed by atoms with Gasteiger partial charge in [-0.2, -0.15) is 5.26 Å². The minimum atomic E-state index is -0.754. The first-order valence-corrected chi connectivity index (χ1v) is 10.7. The van der Waals surface area contributed by atoms with Gasteiger partial charge in [-0.1, -0.05) is 38.1 Å². The molecule has 1 aliphatic heterocycles. The highest BCUT2D eigenvalue weighted by Crippen LogP contribution is 2.43. The predicted octanol–water partition coefficient (Wildman–Crippen LogP) is 4.67. The van der Waals surface area contributed by atoms with Crippen LogP contribution in [-0.2, 0) is 4.79 Å². The number of nitrogens with one attached hydrogen (secondary N) is 1. The van der Waals surface area contributed by atoms with Crippen molar-refractivity contribution in [2.45, 2.75) is 25.8 Å². The zero-order valence-electron chi connectivity index (χ0n) is 18.3. The fourth-order valence-corrected chi connectivity index (χ4v) is 4.34. The molecule has 33 heavy (non-hydrogen) atoms. The summed E-state index contributed by atoms with van der Waals surface area (Å²) >= 11 is 0. The maximum atomic E-state index is 14.0. The number of halogens is 1. The summed E-state index contributed by atoms with van der Waals surface area (Å²) in [5.41, 5.74) is 2.10. The number of pyridine rings is 1. The summed E-state index contributed by atoms with van der Waals surface area (Å²) in [6.45, 7) is 4.48. The molecule has 0 aliphatic carbocycles. The number of nitrogens with zero attached hydrogens (tertiary/aromatic N) is 3. The lowest BCUT2D eigenvalue weighted by atomic mass is 9.79. The van der Waals surface area contributed by atoms with Crippen molar-refractivity contribution in [1.82, 2.24) is 9.88 Å². The Kier molecular flexibility index (Phi) is 6.18. The SMILES string of the molecule is CC(C)CN1C(=O)c2ccccc2[C@@H](C(=O)Nc2cc(F)cc(C#N)c2)[C@@H]1c1cccnc1. The Balaban J connectivity index is 1.84. The number of nitriles is 1. The monoisotopic (exact) mass is 442 g/mol. The second-order valence-electron chi connectivity index (χ2n) is 8.48. The molecule has 4 rings (SSSR count). The molecule has 0 saturated carbocycles. The van der Waals surface area contributed by atoms with Gasteiger partial charge in [0.25, 0.3) is 5.91 Å². The van der Waals surface area contributed by atoms with E-state index < -0.39 is 23.7 Å². The maximum absolute atomic E-state index is 14.0. The number of amides is 2. The van der Waals surface area contributed by atoms with E-state index in [1.807, 2.05) is 26.0 Å². The average molecular weight is 442 g/mol. The topological polar surface area (TPSA) is 86.1 Å². The summed E-state index contributed by atoms with van der Waals surface area (Å²) < 4.78 is 14.0. The van der Waals surface area contributed by atoms with Crippen molar-refractivity contribution in [3.05, 3.63) is 95.1 Å². The van der Waals surface area contributed by atoms with Crippen LogP contribution in [0.4, 0.5) is 10.1 Å². The molecule has 2 heterocycles. The van der Waals surface area contributed by atoms with Crippen molar-refractivity contribution in [3.63, 3.8) is 0 Å². The van der Waals surface area contributed by atoms with E-state index in [0.717, 1.165) is 11.6 Å². The number of carbonyl (C=O) groups is 2. The Morgan fingerprint density at radius 3 is 2.70 bits per heavy atom. The molecule has 0 radical (unpaired) electrons. The zero-order valence-corrected chi connectivity index (χ0v) is 18.3. The number of aromatic nitrogens is 1. The molecule has 1 aromatic heterocycles. The second kappa shape index (κ2) is 9.21. The fraction of sp³-hybridized carbons (Fsp3) is 0.231. The van der Waals surface area contributed by atoms with E-state index in [1.54, 1.807) is 47.6 Å². The van der Waals surface area contributed by atoms with Crippen LogP contribution in [0.1, 0.15) is 52.9 Å². The molecular weight excluding hydrogens is 419 g/mol. The molecule has 0 bridgehead atoms. The van der Waals surface area contributed by atoms with E-state index in [-0.39, 0.29) is 23.1 Å². The second-order valence-corrected chi connectivity index (χ2v) is 8.48. The van der Waals surface area contributed by atoms with Crippen LogP contribution in [0.25, 0.3) is 0 Å². The van der Waals surface area contributed by atoms with Crippen LogP contribution < -0.4 is 5.32 Å². The molecule has 3 aromatic rings. The van der Waals surface area contributed by atoms with Gasteiger partial charge in [0, 0.05) is 30.2 Å². The summed E-state index contributed by atoms with van der Waals surface area (Å²) in [6.07, 6.45) is 3.30. The molecule has 2 aromatic carbocycles. The molecule has 0 saturated heterocycles. The summed E-state index contributed by atoms with van der Waals surface area (Å²) in [4.78, 5) is 33.1. The number of hydrogen-bond acceptors (Lipinski definition) is 4. The number of anilines is 1. The van der Waals surface area contributed by atoms with Crippen LogP contribution >= 0.6 is 0 Å². The molecule has 6 nitrogen and oxygen atoms in total. The largest absolute Gasteiger partial charge is 0.330 e. The molecule has 2 amide bonds. The molecule has 7 heteroatoms. The van der Waals surface area contributed by atoms with E-state index in [9.17, 15) is 14.0 Å². The minimum absolute atomic E-state index is 0.106. The van der Waals surface area contributed by atoms with Crippen molar-refractivity contribution in [1.29, 1.82) is 5.26 Å². The molecule has 1 N–H and O–H groups in total. The third-order valence-electron chi connectivity index (χ3n) is 5.60. The van der Waals surface area contributed by atoms with E-state index in [4.69, 9.17) is 5.26 Å². The summed E-state index contributed by atoms with van der Waals surface area (Å²) in [6, 6.07) is 15.7. The molecule has 0 spiro atoms. The Labute approximate surface area is 191 Å². The van der Waals surface area contributed by atoms with Crippen LogP contribution in [0.3, 0.4) is 0 Å². The van der Waals surface area contributed by atoms with E-state index in [2.05, 4.69) is 10.3 Å². The van der Waals surface area contributed by atoms with Gasteiger partial charge in [0.05, 0.1) is 23.6 Å². The quantitative estimate of drug-likeness (QED) is 0.622. The van der Waals surface area contributed by atoms with Crippen molar-refractivity contribution in [2.24, 2.45) is 5.92 Å². The number of fused-ring (bicyclic) bond motifs is 1. The molecule has 0 unspecified atom stereocenters. The van der Waals surface area contributed by atoms with E-state index in [0.29, 0.717) is 17.7 Å². The zero-order chi connectivity index (χ0) is 23.5. The third kappa shape index (κ3) is 4.46. The predicted molar refractivity (Wildman–Crippen MR) is 122 cm³/mol. The Hall–Kier alpha value is -4.05. The average Bonchev–Trinajstić information content (AvgIpc) is 2.80. The highest BCUT2D eigenvalue weighted by atomic mass is 19.1. The smallest absolute Gasteiger partial charge is 0.254 e. The third-order valence-corrected chi connectivity index (χ3v) is 5.60. The van der Waals surface area contributed by atoms with Crippen LogP contribution in [0, 0.1) is 23.1 Å². The van der Waals surface area contributed by atoms with Gasteiger partial charge in [0.15, 0.2) is 0 Å². The first-order valence-electron chi connectivity index (χ1n) is 10.7. The molecule has 2 atom stereocenters. The first kappa shape index (κ1) is 22.2. The summed E-state index contributed by atoms with van der Waals surface area (Å²) in [7, 11) is 0. The van der Waals surface area contributed by atoms with Gasteiger partial charge in [-0.3, -0.25) is 14.6 Å². The van der Waals surface area contributed by atoms with Crippen LogP contribution in [0.5, 0.6) is 0 Å². The Morgan fingerprint density at radius 1 is 1.21 bits per heavy atom. The molecular formula is C26H23FN4O2. The van der Waals surface area contributed by atoms with Gasteiger partial charge in [-0.05, 0) is 47.4 Å². The molecule has 166 valence electrons. The van der Waals surface area contributed by atoms with Gasteiger partial charge >= 0.3 is 0 Å². The van der Waals surface area contributed by atoms with Crippen LogP contribution in [-0.4, -0.2) is 28.2 Å². The van der Waals surface area contributed by atoms with Gasteiger partial charge < -0.3 is 10.2 Å². The lowest BCUT2D eigenvalue weighted by Crippen LogP contribution is -2.47. The normalized spacial score (nSPS) is 17.4. The van der Waals surface area contributed by atoms with Crippen LogP contribution in [0.15, 0.2) is 67.0 Å². The van der Waals surface area contributed by atoms with Gasteiger partial charge in [0.1, 0.15) is 5.82 Å². The van der Waals surface area contributed by atoms with Crippen molar-refractivity contribution in [2.75, 3.05) is 11.9 Å². The van der Waals surface area contributed by atoms with E-state index >= 15 is 0 Å². The van der Waals surface area contributed by atoms with Gasteiger partial charge in [-0.25, -0.2) is 4.39 Å². The van der Waals surface area contributed by atoms with Gasteiger partial charge in [-0.15, -0.1) is 0 Å². The number of benzene rings is 2. The lowest BCUT2D eigenvalue weighted by Gasteiger charge is -2.42. The van der Waals surface area contributed by atoms with Crippen molar-refractivity contribution < 1.29 is 14.0 Å². The fourth-order valence-electron chi connectivity index (χ4n) is 4.34. The summed E-state index contributed by atoms with van der Waals surface area (Å²) in [5.74, 6) is -1.74. The Bertz CT molecular complexity index is 1240. The Morgan fingerprint density at radius 2 is 2.00 bits per heavy atom. The highest BCUT2D eigenvalue weighted by molar-refractivity contribution is 6.04. The minimum Gasteiger partial charge on any atom is -0.330 e. The van der Waals surface area contributed by atoms with E-state index in [1.165, 1.54) is 12.1 Å². The number of carbonyl (C=O) groups excluding carboxylic acids is 2. The first-order chi connectivity index (χ1) is 15.9. The molecule has 1 aliphatic rings. The summed E-state index contributed by atoms with van der Waals surface area (Å²) in [5, 5.41) is 11.9.